The lowest BCUT2D eigenvalue weighted by molar-refractivity contribution is -0.143. The Morgan fingerprint density at radius 3 is 2.95 bits per heavy atom. The number of rotatable bonds is 3. The highest BCUT2D eigenvalue weighted by Crippen LogP contribution is 2.33. The summed E-state index contributed by atoms with van der Waals surface area (Å²) >= 11 is 0. The molecule has 1 heterocycles. The maximum Gasteiger partial charge on any atom is 0.306 e. The van der Waals surface area contributed by atoms with Crippen molar-refractivity contribution in [2.24, 2.45) is 10.9 Å². The summed E-state index contributed by atoms with van der Waals surface area (Å²) in [5.74, 6) is -0.219. The predicted octanol–water partition coefficient (Wildman–Crippen LogP) is 2.59. The topological polar surface area (TPSA) is 58.9 Å². The van der Waals surface area contributed by atoms with Crippen molar-refractivity contribution >= 4 is 11.9 Å². The predicted molar refractivity (Wildman–Crippen MR) is 76.0 cm³/mol. The Labute approximate surface area is 118 Å². The Hall–Kier alpha value is -1.84. The fourth-order valence-corrected chi connectivity index (χ4v) is 3.06. The molecule has 4 nitrogen and oxygen atoms in total. The van der Waals surface area contributed by atoms with Crippen LogP contribution in [0.2, 0.25) is 0 Å². The SMILES string of the molecule is Cc1ccccc1CC1=NC2CCC(C(=O)O)CC2O1. The molecule has 1 saturated carbocycles. The minimum atomic E-state index is -0.709. The van der Waals surface area contributed by atoms with Crippen LogP contribution in [0.5, 0.6) is 0 Å². The molecule has 3 unspecified atom stereocenters. The Balaban J connectivity index is 1.67. The number of aliphatic imine (C=N–C) groups is 1. The smallest absolute Gasteiger partial charge is 0.306 e. The number of aliphatic carboxylic acids is 1. The van der Waals surface area contributed by atoms with E-state index in [2.05, 4.69) is 24.0 Å². The molecule has 0 bridgehead atoms. The normalized spacial score (nSPS) is 28.4. The van der Waals surface area contributed by atoms with Crippen molar-refractivity contribution < 1.29 is 14.6 Å². The first-order chi connectivity index (χ1) is 9.63. The highest BCUT2D eigenvalue weighted by molar-refractivity contribution is 5.81. The van der Waals surface area contributed by atoms with Gasteiger partial charge >= 0.3 is 5.97 Å². The lowest BCUT2D eigenvalue weighted by Crippen LogP contribution is -2.34. The van der Waals surface area contributed by atoms with Crippen molar-refractivity contribution in [2.75, 3.05) is 0 Å². The molecule has 3 atom stereocenters. The van der Waals surface area contributed by atoms with Crippen LogP contribution >= 0.6 is 0 Å². The van der Waals surface area contributed by atoms with E-state index in [9.17, 15) is 4.79 Å². The van der Waals surface area contributed by atoms with Gasteiger partial charge in [0.25, 0.3) is 0 Å². The average Bonchev–Trinajstić information content (AvgIpc) is 2.82. The highest BCUT2D eigenvalue weighted by Gasteiger charge is 2.39. The molecule has 1 fully saturated rings. The lowest BCUT2D eigenvalue weighted by atomic mass is 9.84. The third-order valence-corrected chi connectivity index (χ3v) is 4.31. The van der Waals surface area contributed by atoms with Crippen molar-refractivity contribution in [3.63, 3.8) is 0 Å². The van der Waals surface area contributed by atoms with Crippen LogP contribution in [0.1, 0.15) is 30.4 Å². The van der Waals surface area contributed by atoms with E-state index in [1.165, 1.54) is 11.1 Å². The lowest BCUT2D eigenvalue weighted by Gasteiger charge is -2.27. The molecule has 1 aromatic carbocycles. The molecule has 3 rings (SSSR count). The first kappa shape index (κ1) is 13.2. The molecule has 0 aromatic heterocycles. The number of fused-ring (bicyclic) bond motifs is 1. The van der Waals surface area contributed by atoms with E-state index in [-0.39, 0.29) is 18.1 Å². The van der Waals surface area contributed by atoms with E-state index in [4.69, 9.17) is 9.84 Å². The van der Waals surface area contributed by atoms with Gasteiger partial charge in [0.2, 0.25) is 0 Å². The summed E-state index contributed by atoms with van der Waals surface area (Å²) in [6.07, 6.45) is 2.78. The van der Waals surface area contributed by atoms with Crippen molar-refractivity contribution in [3.8, 4) is 0 Å². The van der Waals surface area contributed by atoms with E-state index >= 15 is 0 Å². The van der Waals surface area contributed by atoms with E-state index in [0.717, 1.165) is 12.3 Å². The number of carboxylic acids is 1. The molecule has 4 heteroatoms. The highest BCUT2D eigenvalue weighted by atomic mass is 16.5. The number of hydrogen-bond donors (Lipinski definition) is 1. The Kier molecular flexibility index (Phi) is 3.47. The molecule has 1 aliphatic heterocycles. The van der Waals surface area contributed by atoms with Gasteiger partial charge in [0.05, 0.1) is 12.0 Å². The molecule has 1 aromatic rings. The molecule has 1 aliphatic carbocycles. The monoisotopic (exact) mass is 273 g/mol. The second-order valence-electron chi connectivity index (χ2n) is 5.70. The van der Waals surface area contributed by atoms with Gasteiger partial charge in [-0.2, -0.15) is 0 Å². The summed E-state index contributed by atoms with van der Waals surface area (Å²) in [5.41, 5.74) is 2.46. The first-order valence-corrected chi connectivity index (χ1v) is 7.14. The van der Waals surface area contributed by atoms with Gasteiger partial charge in [-0.1, -0.05) is 24.3 Å². The van der Waals surface area contributed by atoms with Gasteiger partial charge in [0.1, 0.15) is 6.10 Å². The summed E-state index contributed by atoms with van der Waals surface area (Å²) in [7, 11) is 0. The fraction of sp³-hybridized carbons (Fsp3) is 0.500. The Bertz CT molecular complexity index is 552. The van der Waals surface area contributed by atoms with Gasteiger partial charge in [-0.25, -0.2) is 4.99 Å². The van der Waals surface area contributed by atoms with Crippen LogP contribution in [0.4, 0.5) is 0 Å². The number of aryl methyl sites for hydroxylation is 1. The molecule has 20 heavy (non-hydrogen) atoms. The van der Waals surface area contributed by atoms with Gasteiger partial charge in [-0.3, -0.25) is 4.79 Å². The van der Waals surface area contributed by atoms with E-state index in [0.29, 0.717) is 19.3 Å². The number of hydrogen-bond acceptors (Lipinski definition) is 3. The van der Waals surface area contributed by atoms with Crippen LogP contribution in [0, 0.1) is 12.8 Å². The molecular weight excluding hydrogens is 254 g/mol. The zero-order valence-electron chi connectivity index (χ0n) is 11.6. The number of nitrogens with zero attached hydrogens (tertiary/aromatic N) is 1. The number of carboxylic acid groups (broad SMARTS) is 1. The quantitative estimate of drug-likeness (QED) is 0.920. The third kappa shape index (κ3) is 2.55. The third-order valence-electron chi connectivity index (χ3n) is 4.31. The summed E-state index contributed by atoms with van der Waals surface area (Å²) in [6, 6.07) is 8.37. The Morgan fingerprint density at radius 1 is 1.40 bits per heavy atom. The van der Waals surface area contributed by atoms with Crippen LogP contribution < -0.4 is 0 Å². The Morgan fingerprint density at radius 2 is 2.20 bits per heavy atom. The van der Waals surface area contributed by atoms with Crippen molar-refractivity contribution in [2.45, 2.75) is 44.8 Å². The molecule has 106 valence electrons. The molecule has 1 N–H and O–H groups in total. The summed E-state index contributed by atoms with van der Waals surface area (Å²) < 4.78 is 5.89. The van der Waals surface area contributed by atoms with Crippen LogP contribution in [-0.2, 0) is 16.0 Å². The fourth-order valence-electron chi connectivity index (χ4n) is 3.06. The standard InChI is InChI=1S/C16H19NO3/c1-10-4-2-3-5-11(10)9-15-17-13-7-6-12(16(18)19)8-14(13)20-15/h2-5,12-14H,6-9H2,1H3,(H,18,19). The summed E-state index contributed by atoms with van der Waals surface area (Å²) in [5, 5.41) is 9.10. The van der Waals surface area contributed by atoms with Gasteiger partial charge < -0.3 is 9.84 Å². The minimum absolute atomic E-state index is 0.0381. The summed E-state index contributed by atoms with van der Waals surface area (Å²) in [6.45, 7) is 2.08. The molecule has 0 spiro atoms. The zero-order valence-corrected chi connectivity index (χ0v) is 11.6. The molecule has 0 radical (unpaired) electrons. The summed E-state index contributed by atoms with van der Waals surface area (Å²) in [4.78, 5) is 15.7. The average molecular weight is 273 g/mol. The molecule has 2 aliphatic rings. The minimum Gasteiger partial charge on any atom is -0.481 e. The van der Waals surface area contributed by atoms with Gasteiger partial charge in [-0.05, 0) is 37.3 Å². The second-order valence-corrected chi connectivity index (χ2v) is 5.70. The maximum absolute atomic E-state index is 11.1. The van der Waals surface area contributed by atoms with Crippen molar-refractivity contribution in [1.82, 2.24) is 0 Å². The van der Waals surface area contributed by atoms with Crippen LogP contribution in [0.15, 0.2) is 29.3 Å². The maximum atomic E-state index is 11.1. The van der Waals surface area contributed by atoms with Crippen LogP contribution in [0.3, 0.4) is 0 Å². The largest absolute Gasteiger partial charge is 0.481 e. The first-order valence-electron chi connectivity index (χ1n) is 7.14. The van der Waals surface area contributed by atoms with E-state index in [1.54, 1.807) is 0 Å². The van der Waals surface area contributed by atoms with E-state index < -0.39 is 5.97 Å². The van der Waals surface area contributed by atoms with E-state index in [1.807, 2.05) is 12.1 Å². The number of ether oxygens (including phenoxy) is 1. The number of carbonyl (C=O) groups is 1. The van der Waals surface area contributed by atoms with Crippen LogP contribution in [-0.4, -0.2) is 29.1 Å². The van der Waals surface area contributed by atoms with Gasteiger partial charge in [0, 0.05) is 6.42 Å². The van der Waals surface area contributed by atoms with Crippen molar-refractivity contribution in [1.29, 1.82) is 0 Å². The number of benzene rings is 1. The van der Waals surface area contributed by atoms with Gasteiger partial charge in [0.15, 0.2) is 5.90 Å². The van der Waals surface area contributed by atoms with Crippen molar-refractivity contribution in [3.05, 3.63) is 35.4 Å². The molecule has 0 amide bonds. The second kappa shape index (κ2) is 5.27. The van der Waals surface area contributed by atoms with Crippen LogP contribution in [0.25, 0.3) is 0 Å². The zero-order chi connectivity index (χ0) is 14.1. The van der Waals surface area contributed by atoms with Gasteiger partial charge in [-0.15, -0.1) is 0 Å². The molecular formula is C16H19NO3. The molecule has 0 saturated heterocycles.